The van der Waals surface area contributed by atoms with Crippen molar-refractivity contribution in [1.82, 2.24) is 25.3 Å². The Morgan fingerprint density at radius 2 is 1.48 bits per heavy atom. The van der Waals surface area contributed by atoms with E-state index in [1.54, 1.807) is 23.8 Å². The summed E-state index contributed by atoms with van der Waals surface area (Å²) >= 11 is 0. The van der Waals surface area contributed by atoms with Crippen LogP contribution >= 0.6 is 0 Å². The van der Waals surface area contributed by atoms with Crippen molar-refractivity contribution in [2.45, 2.75) is 131 Å². The van der Waals surface area contributed by atoms with Crippen LogP contribution in [-0.2, 0) is 19.2 Å². The molecule has 256 valence electrons. The van der Waals surface area contributed by atoms with Crippen molar-refractivity contribution >= 4 is 23.6 Å². The molecule has 1 aromatic rings. The van der Waals surface area contributed by atoms with Gasteiger partial charge in [0.05, 0.1) is 18.1 Å². The Balaban J connectivity index is 1.76. The maximum absolute atomic E-state index is 14.2. The first-order chi connectivity index (χ1) is 21.5. The maximum atomic E-state index is 14.2. The van der Waals surface area contributed by atoms with Crippen molar-refractivity contribution in [3.8, 4) is 0 Å². The molecule has 2 aliphatic heterocycles. The van der Waals surface area contributed by atoms with Gasteiger partial charge in [-0.3, -0.25) is 24.1 Å². The van der Waals surface area contributed by atoms with Crippen molar-refractivity contribution in [3.63, 3.8) is 0 Å². The predicted molar refractivity (Wildman–Crippen MR) is 184 cm³/mol. The molecule has 9 heteroatoms. The van der Waals surface area contributed by atoms with Gasteiger partial charge >= 0.3 is 0 Å². The molecule has 2 fully saturated rings. The van der Waals surface area contributed by atoms with Gasteiger partial charge in [-0.25, -0.2) is 0 Å². The van der Waals surface area contributed by atoms with E-state index >= 15 is 0 Å². The molecule has 2 aliphatic rings. The van der Waals surface area contributed by atoms with Crippen LogP contribution in [0, 0.1) is 11.3 Å². The highest BCUT2D eigenvalue weighted by Gasteiger charge is 2.40. The average molecular weight is 638 g/mol. The number of likely N-dealkylation sites (N-methyl/N-ethyl adjacent to an activating group) is 1. The molecule has 0 saturated carbocycles. The van der Waals surface area contributed by atoms with Crippen molar-refractivity contribution in [2.24, 2.45) is 11.3 Å². The molecule has 1 aromatic carbocycles. The van der Waals surface area contributed by atoms with E-state index in [4.69, 9.17) is 0 Å². The number of hydrogen-bond donors (Lipinski definition) is 2. The molecular formula is C37H59N5O4. The Morgan fingerprint density at radius 1 is 0.870 bits per heavy atom. The number of amides is 4. The Hall–Kier alpha value is -3.20. The van der Waals surface area contributed by atoms with Crippen LogP contribution in [0.3, 0.4) is 0 Å². The second kappa shape index (κ2) is 16.1. The number of rotatable bonds is 11. The summed E-state index contributed by atoms with van der Waals surface area (Å²) < 4.78 is 0. The number of hydrogen-bond acceptors (Lipinski definition) is 5. The van der Waals surface area contributed by atoms with Gasteiger partial charge in [-0.1, -0.05) is 77.4 Å². The number of likely N-dealkylation sites (tertiary alicyclic amines) is 2. The highest BCUT2D eigenvalue weighted by Crippen LogP contribution is 2.27. The minimum absolute atomic E-state index is 0.00666. The highest BCUT2D eigenvalue weighted by molar-refractivity contribution is 5.97. The van der Waals surface area contributed by atoms with E-state index in [9.17, 15) is 19.2 Å². The molecule has 0 aromatic heterocycles. The largest absolute Gasteiger partial charge is 0.348 e. The van der Waals surface area contributed by atoms with Crippen LogP contribution in [0.15, 0.2) is 42.0 Å². The van der Waals surface area contributed by atoms with E-state index in [2.05, 4.69) is 29.4 Å². The lowest BCUT2D eigenvalue weighted by Crippen LogP contribution is -2.60. The number of piperidine rings is 1. The summed E-state index contributed by atoms with van der Waals surface area (Å²) in [6.45, 7) is 19.3. The van der Waals surface area contributed by atoms with Gasteiger partial charge in [0.1, 0.15) is 12.1 Å². The molecule has 2 N–H and O–H groups in total. The van der Waals surface area contributed by atoms with Crippen LogP contribution in [0.1, 0.15) is 106 Å². The standard InChI is InChI=1S/C37H59N5O4/c1-24(2)31(40(10)36(46)32(37(7,8)9)39-34(44)29-19-14-15-21-41(29)25(3)4)23-26(5)35(45)42-22-16-20-30(42)33(43)38-27(6)28-17-12-11-13-18-28/h11-13,17-18,23-25,27,29-32H,14-16,19-22H2,1-10H3,(H,38,43)(H,39,44)/b26-23+. The molecule has 9 nitrogen and oxygen atoms in total. The lowest BCUT2D eigenvalue weighted by atomic mass is 9.84. The van der Waals surface area contributed by atoms with Gasteiger partial charge < -0.3 is 20.4 Å². The van der Waals surface area contributed by atoms with E-state index < -0.39 is 17.5 Å². The third-order valence-electron chi connectivity index (χ3n) is 9.62. The molecule has 2 saturated heterocycles. The summed E-state index contributed by atoms with van der Waals surface area (Å²) in [7, 11) is 1.75. The van der Waals surface area contributed by atoms with Crippen LogP contribution < -0.4 is 10.6 Å². The molecule has 5 atom stereocenters. The van der Waals surface area contributed by atoms with Crippen LogP contribution in [0.4, 0.5) is 0 Å². The molecule has 0 aliphatic carbocycles. The Labute approximate surface area is 277 Å². The summed E-state index contributed by atoms with van der Waals surface area (Å²) in [5.41, 5.74) is 0.984. The Kier molecular flexibility index (Phi) is 13.0. The zero-order valence-electron chi connectivity index (χ0n) is 29.9. The second-order valence-corrected chi connectivity index (χ2v) is 15.0. The van der Waals surface area contributed by atoms with Crippen LogP contribution in [-0.4, -0.2) is 88.7 Å². The number of benzene rings is 1. The third-order valence-corrected chi connectivity index (χ3v) is 9.62. The molecule has 4 amide bonds. The molecule has 0 spiro atoms. The SMILES string of the molecule is C/C(=C\C(C(C)C)N(C)C(=O)C(NC(=O)C1CCCCN1C(C)C)C(C)(C)C)C(=O)N1CCCC1C(=O)NC(C)c1ccccc1. The summed E-state index contributed by atoms with van der Waals surface area (Å²) in [6, 6.07) is 7.95. The first-order valence-electron chi connectivity index (χ1n) is 17.2. The van der Waals surface area contributed by atoms with Gasteiger partial charge in [-0.2, -0.15) is 0 Å². The fraction of sp³-hybridized carbons (Fsp3) is 0.676. The monoisotopic (exact) mass is 637 g/mol. The zero-order valence-corrected chi connectivity index (χ0v) is 29.9. The Morgan fingerprint density at radius 3 is 2.07 bits per heavy atom. The van der Waals surface area contributed by atoms with Gasteiger partial charge in [-0.15, -0.1) is 0 Å². The quantitative estimate of drug-likeness (QED) is 0.330. The minimum Gasteiger partial charge on any atom is -0.348 e. The van der Waals surface area contributed by atoms with Crippen LogP contribution in [0.5, 0.6) is 0 Å². The molecular weight excluding hydrogens is 578 g/mol. The van der Waals surface area contributed by atoms with Gasteiger partial charge in [0, 0.05) is 25.2 Å². The van der Waals surface area contributed by atoms with Crippen molar-refractivity contribution in [1.29, 1.82) is 0 Å². The predicted octanol–water partition coefficient (Wildman–Crippen LogP) is 5.08. The third kappa shape index (κ3) is 9.20. The van der Waals surface area contributed by atoms with Crippen LogP contribution in [0.2, 0.25) is 0 Å². The summed E-state index contributed by atoms with van der Waals surface area (Å²) in [4.78, 5) is 60.4. The Bertz CT molecular complexity index is 1240. The van der Waals surface area contributed by atoms with Crippen molar-refractivity contribution in [2.75, 3.05) is 20.1 Å². The lowest BCUT2D eigenvalue weighted by molar-refractivity contribution is -0.142. The summed E-state index contributed by atoms with van der Waals surface area (Å²) in [6.07, 6.45) is 6.07. The zero-order chi connectivity index (χ0) is 34.3. The average Bonchev–Trinajstić information content (AvgIpc) is 3.51. The van der Waals surface area contributed by atoms with Crippen LogP contribution in [0.25, 0.3) is 0 Å². The molecule has 46 heavy (non-hydrogen) atoms. The number of carbonyl (C=O) groups is 4. The van der Waals surface area contributed by atoms with E-state index in [1.165, 1.54) is 0 Å². The van der Waals surface area contributed by atoms with Gasteiger partial charge in [0.15, 0.2) is 0 Å². The van der Waals surface area contributed by atoms with Crippen molar-refractivity contribution < 1.29 is 19.2 Å². The molecule has 0 radical (unpaired) electrons. The topological polar surface area (TPSA) is 102 Å². The normalized spacial score (nSPS) is 21.6. The first-order valence-corrected chi connectivity index (χ1v) is 17.2. The van der Waals surface area contributed by atoms with E-state index in [0.29, 0.717) is 18.5 Å². The van der Waals surface area contributed by atoms with Gasteiger partial charge in [0.2, 0.25) is 23.6 Å². The number of nitrogens with one attached hydrogen (secondary N) is 2. The minimum atomic E-state index is -0.732. The van der Waals surface area contributed by atoms with Crippen molar-refractivity contribution in [3.05, 3.63) is 47.5 Å². The summed E-state index contributed by atoms with van der Waals surface area (Å²) in [5, 5.41) is 6.23. The van der Waals surface area contributed by atoms with E-state index in [-0.39, 0.29) is 53.7 Å². The van der Waals surface area contributed by atoms with E-state index in [0.717, 1.165) is 37.8 Å². The molecule has 5 unspecified atom stereocenters. The maximum Gasteiger partial charge on any atom is 0.249 e. The van der Waals surface area contributed by atoms with Gasteiger partial charge in [-0.05, 0) is 76.8 Å². The smallest absolute Gasteiger partial charge is 0.249 e. The fourth-order valence-electron chi connectivity index (χ4n) is 6.81. The first kappa shape index (κ1) is 37.3. The number of nitrogens with zero attached hydrogens (tertiary/aromatic N) is 3. The molecule has 2 heterocycles. The summed E-state index contributed by atoms with van der Waals surface area (Å²) in [5.74, 6) is -0.620. The van der Waals surface area contributed by atoms with E-state index in [1.807, 2.05) is 78.0 Å². The lowest BCUT2D eigenvalue weighted by Gasteiger charge is -2.41. The highest BCUT2D eigenvalue weighted by atomic mass is 16.2. The fourth-order valence-corrected chi connectivity index (χ4v) is 6.81. The molecule has 0 bridgehead atoms. The second-order valence-electron chi connectivity index (χ2n) is 15.0. The number of carbonyl (C=O) groups excluding carboxylic acids is 4. The van der Waals surface area contributed by atoms with Gasteiger partial charge in [0.25, 0.3) is 0 Å². The molecule has 3 rings (SSSR count).